The zero-order valence-electron chi connectivity index (χ0n) is 12.3. The highest BCUT2D eigenvalue weighted by molar-refractivity contribution is 6.42. The molecule has 106 valence electrons. The third-order valence-electron chi connectivity index (χ3n) is 5.19. The SMILES string of the molecule is CCNC(c1ccc(Cl)c(Cl)c1)C1C(C)(C)C1(C)C. The predicted molar refractivity (Wildman–Crippen MR) is 83.9 cm³/mol. The minimum Gasteiger partial charge on any atom is -0.310 e. The highest BCUT2D eigenvalue weighted by atomic mass is 35.5. The summed E-state index contributed by atoms with van der Waals surface area (Å²) >= 11 is 12.2. The fourth-order valence-electron chi connectivity index (χ4n) is 3.43. The topological polar surface area (TPSA) is 12.0 Å². The first-order valence-electron chi connectivity index (χ1n) is 6.91. The second-order valence-electron chi connectivity index (χ2n) is 6.63. The molecule has 1 aliphatic carbocycles. The van der Waals surface area contributed by atoms with Crippen molar-refractivity contribution in [1.82, 2.24) is 5.32 Å². The summed E-state index contributed by atoms with van der Waals surface area (Å²) in [6, 6.07) is 6.32. The molecule has 1 atom stereocenters. The molecule has 19 heavy (non-hydrogen) atoms. The minimum atomic E-state index is 0.338. The van der Waals surface area contributed by atoms with Crippen LogP contribution in [0.4, 0.5) is 0 Å². The maximum absolute atomic E-state index is 6.17. The molecular formula is C16H23Cl2N. The van der Waals surface area contributed by atoms with Crippen LogP contribution in [0.2, 0.25) is 10.0 Å². The molecule has 1 aromatic rings. The summed E-state index contributed by atoms with van der Waals surface area (Å²) in [4.78, 5) is 0. The van der Waals surface area contributed by atoms with Crippen LogP contribution in [0.25, 0.3) is 0 Å². The third kappa shape index (κ3) is 2.41. The van der Waals surface area contributed by atoms with Gasteiger partial charge in [0.15, 0.2) is 0 Å². The molecule has 1 saturated carbocycles. The van der Waals surface area contributed by atoms with Crippen LogP contribution >= 0.6 is 23.2 Å². The van der Waals surface area contributed by atoms with Crippen molar-refractivity contribution in [1.29, 1.82) is 0 Å². The monoisotopic (exact) mass is 299 g/mol. The van der Waals surface area contributed by atoms with Gasteiger partial charge in [-0.25, -0.2) is 0 Å². The van der Waals surface area contributed by atoms with Crippen molar-refractivity contribution in [2.75, 3.05) is 6.54 Å². The molecule has 1 nitrogen and oxygen atoms in total. The first kappa shape index (κ1) is 15.2. The van der Waals surface area contributed by atoms with E-state index in [1.54, 1.807) is 0 Å². The highest BCUT2D eigenvalue weighted by Crippen LogP contribution is 2.72. The summed E-state index contributed by atoms with van der Waals surface area (Å²) in [5, 5.41) is 4.87. The Morgan fingerprint density at radius 2 is 1.68 bits per heavy atom. The molecule has 1 unspecified atom stereocenters. The highest BCUT2D eigenvalue weighted by Gasteiger charge is 2.67. The molecule has 0 bridgehead atoms. The minimum absolute atomic E-state index is 0.338. The van der Waals surface area contributed by atoms with E-state index in [0.717, 1.165) is 6.54 Å². The van der Waals surface area contributed by atoms with Crippen LogP contribution in [0.1, 0.15) is 46.2 Å². The number of nitrogens with one attached hydrogen (secondary N) is 1. The van der Waals surface area contributed by atoms with Crippen molar-refractivity contribution in [3.8, 4) is 0 Å². The van der Waals surface area contributed by atoms with E-state index in [9.17, 15) is 0 Å². The number of rotatable bonds is 4. The third-order valence-corrected chi connectivity index (χ3v) is 5.93. The molecular weight excluding hydrogens is 277 g/mol. The van der Waals surface area contributed by atoms with E-state index in [2.05, 4.69) is 46.0 Å². The molecule has 0 radical (unpaired) electrons. The molecule has 0 heterocycles. The van der Waals surface area contributed by atoms with Gasteiger partial charge < -0.3 is 5.32 Å². The lowest BCUT2D eigenvalue weighted by molar-refractivity contribution is 0.418. The van der Waals surface area contributed by atoms with Gasteiger partial charge in [-0.1, -0.05) is 63.9 Å². The first-order chi connectivity index (χ1) is 8.73. The van der Waals surface area contributed by atoms with E-state index in [1.165, 1.54) is 5.56 Å². The molecule has 3 heteroatoms. The normalized spacial score (nSPS) is 22.3. The molecule has 0 aliphatic heterocycles. The van der Waals surface area contributed by atoms with Crippen LogP contribution in [0.5, 0.6) is 0 Å². The van der Waals surface area contributed by atoms with Gasteiger partial charge in [0.2, 0.25) is 0 Å². The lowest BCUT2D eigenvalue weighted by Crippen LogP contribution is -2.25. The number of benzene rings is 1. The van der Waals surface area contributed by atoms with Crippen molar-refractivity contribution in [3.63, 3.8) is 0 Å². The van der Waals surface area contributed by atoms with Crippen molar-refractivity contribution in [3.05, 3.63) is 33.8 Å². The van der Waals surface area contributed by atoms with Crippen LogP contribution in [0.15, 0.2) is 18.2 Å². The van der Waals surface area contributed by atoms with E-state index < -0.39 is 0 Å². The Morgan fingerprint density at radius 1 is 1.11 bits per heavy atom. The molecule has 1 fully saturated rings. The van der Waals surface area contributed by atoms with Crippen LogP contribution in [-0.4, -0.2) is 6.54 Å². The fourth-order valence-corrected chi connectivity index (χ4v) is 3.74. The van der Waals surface area contributed by atoms with Crippen LogP contribution in [0.3, 0.4) is 0 Å². The van der Waals surface area contributed by atoms with Gasteiger partial charge in [-0.15, -0.1) is 0 Å². The Kier molecular flexibility index (Phi) is 3.94. The van der Waals surface area contributed by atoms with E-state index in [0.29, 0.717) is 32.8 Å². The summed E-state index contributed by atoms with van der Waals surface area (Å²) in [5.74, 6) is 0.609. The van der Waals surface area contributed by atoms with Gasteiger partial charge in [0, 0.05) is 6.04 Å². The first-order valence-corrected chi connectivity index (χ1v) is 7.67. The smallest absolute Gasteiger partial charge is 0.0595 e. The Hall–Kier alpha value is -0.240. The molecule has 2 rings (SSSR count). The van der Waals surface area contributed by atoms with Crippen LogP contribution in [0, 0.1) is 16.7 Å². The molecule has 1 aromatic carbocycles. The average molecular weight is 300 g/mol. The second kappa shape index (κ2) is 4.95. The van der Waals surface area contributed by atoms with Gasteiger partial charge in [0.25, 0.3) is 0 Å². The maximum Gasteiger partial charge on any atom is 0.0595 e. The maximum atomic E-state index is 6.17. The number of halogens is 2. The molecule has 0 saturated heterocycles. The van der Waals surface area contributed by atoms with E-state index in [1.807, 2.05) is 12.1 Å². The van der Waals surface area contributed by atoms with Crippen molar-refractivity contribution in [2.24, 2.45) is 16.7 Å². The summed E-state index contributed by atoms with van der Waals surface area (Å²) in [5.41, 5.74) is 1.91. The standard InChI is InChI=1S/C16H23Cl2N/c1-6-19-13(14-15(2,3)16(14,4)5)10-7-8-11(17)12(18)9-10/h7-9,13-14,19H,6H2,1-5H3. The van der Waals surface area contributed by atoms with Crippen molar-refractivity contribution in [2.45, 2.75) is 40.7 Å². The lowest BCUT2D eigenvalue weighted by Gasteiger charge is -2.21. The van der Waals surface area contributed by atoms with Crippen LogP contribution in [-0.2, 0) is 0 Å². The van der Waals surface area contributed by atoms with Crippen molar-refractivity contribution >= 4 is 23.2 Å². The van der Waals surface area contributed by atoms with Crippen molar-refractivity contribution < 1.29 is 0 Å². The Bertz CT molecular complexity index is 466. The molecule has 0 aromatic heterocycles. The number of hydrogen-bond acceptors (Lipinski definition) is 1. The summed E-state index contributed by atoms with van der Waals surface area (Å²) in [6.45, 7) is 12.5. The van der Waals surface area contributed by atoms with Gasteiger partial charge in [-0.3, -0.25) is 0 Å². The second-order valence-corrected chi connectivity index (χ2v) is 7.44. The largest absolute Gasteiger partial charge is 0.310 e. The fraction of sp³-hybridized carbons (Fsp3) is 0.625. The van der Waals surface area contributed by atoms with E-state index >= 15 is 0 Å². The average Bonchev–Trinajstić information content (AvgIpc) is 2.71. The predicted octanol–water partition coefficient (Wildman–Crippen LogP) is 5.33. The lowest BCUT2D eigenvalue weighted by atomic mass is 9.96. The Balaban J connectivity index is 2.34. The molecule has 1 N–H and O–H groups in total. The summed E-state index contributed by atoms with van der Waals surface area (Å²) in [7, 11) is 0. The van der Waals surface area contributed by atoms with Gasteiger partial charge >= 0.3 is 0 Å². The van der Waals surface area contributed by atoms with E-state index in [4.69, 9.17) is 23.2 Å². The summed E-state index contributed by atoms with van der Waals surface area (Å²) < 4.78 is 0. The van der Waals surface area contributed by atoms with Gasteiger partial charge in [-0.2, -0.15) is 0 Å². The van der Waals surface area contributed by atoms with Crippen LogP contribution < -0.4 is 5.32 Å². The molecule has 1 aliphatic rings. The molecule has 0 amide bonds. The zero-order chi connectivity index (χ0) is 14.4. The molecule has 0 spiro atoms. The number of hydrogen-bond donors (Lipinski definition) is 1. The van der Waals surface area contributed by atoms with Gasteiger partial charge in [0.1, 0.15) is 0 Å². The Morgan fingerprint density at radius 3 is 2.11 bits per heavy atom. The Labute approximate surface area is 126 Å². The zero-order valence-corrected chi connectivity index (χ0v) is 13.9. The summed E-state index contributed by atoms with van der Waals surface area (Å²) in [6.07, 6.45) is 0. The van der Waals surface area contributed by atoms with Gasteiger partial charge in [-0.05, 0) is 41.0 Å². The quantitative estimate of drug-likeness (QED) is 0.793. The van der Waals surface area contributed by atoms with Gasteiger partial charge in [0.05, 0.1) is 10.0 Å². The van der Waals surface area contributed by atoms with E-state index in [-0.39, 0.29) is 0 Å².